The van der Waals surface area contributed by atoms with Crippen molar-refractivity contribution in [3.8, 4) is 0 Å². The van der Waals surface area contributed by atoms with Gasteiger partial charge in [-0.2, -0.15) is 4.90 Å². The lowest BCUT2D eigenvalue weighted by atomic mass is 10.6. The molecule has 0 unspecified atom stereocenters. The Hall–Kier alpha value is -0.0800. The van der Waals surface area contributed by atoms with Gasteiger partial charge in [-0.15, -0.1) is 0 Å². The van der Waals surface area contributed by atoms with Gasteiger partial charge >= 0.3 is 0 Å². The fourth-order valence-corrected chi connectivity index (χ4v) is 0.200. The summed E-state index contributed by atoms with van der Waals surface area (Å²) in [5.74, 6) is 0. The summed E-state index contributed by atoms with van der Waals surface area (Å²) in [6.07, 6.45) is 0. The van der Waals surface area contributed by atoms with Crippen molar-refractivity contribution >= 4 is 0 Å². The summed E-state index contributed by atoms with van der Waals surface area (Å²) in [4.78, 5) is 1.93. The van der Waals surface area contributed by atoms with Gasteiger partial charge in [0.2, 0.25) is 0 Å². The Labute approximate surface area is 38.4 Å². The molecule has 0 aromatic rings. The third-order valence-corrected chi connectivity index (χ3v) is 0.547. The lowest BCUT2D eigenvalue weighted by Crippen LogP contribution is -2.22. The molecule has 0 amide bonds. The SMILES string of the molecule is C[N+](C)CCO. The molecule has 0 aromatic heterocycles. The first-order valence-corrected chi connectivity index (χ1v) is 2.03. The van der Waals surface area contributed by atoms with Crippen LogP contribution in [0.1, 0.15) is 0 Å². The highest BCUT2D eigenvalue weighted by atomic mass is 16.3. The van der Waals surface area contributed by atoms with E-state index in [1.54, 1.807) is 0 Å². The number of aliphatic hydroxyl groups is 1. The van der Waals surface area contributed by atoms with E-state index in [0.29, 0.717) is 0 Å². The zero-order chi connectivity index (χ0) is 4.99. The molecule has 0 aliphatic rings. The predicted molar refractivity (Wildman–Crippen MR) is 25.9 cm³/mol. The molecule has 0 atom stereocenters. The van der Waals surface area contributed by atoms with Gasteiger partial charge in [-0.05, 0) is 0 Å². The smallest absolute Gasteiger partial charge is 0.145 e. The first-order valence-electron chi connectivity index (χ1n) is 2.03. The molecule has 0 bridgehead atoms. The third-order valence-electron chi connectivity index (χ3n) is 0.547. The molecule has 1 N–H and O–H groups in total. The van der Waals surface area contributed by atoms with E-state index in [0.717, 1.165) is 6.54 Å². The van der Waals surface area contributed by atoms with Crippen LogP contribution in [-0.4, -0.2) is 32.4 Å². The highest BCUT2D eigenvalue weighted by Crippen LogP contribution is 1.61. The molecule has 0 aliphatic heterocycles. The van der Waals surface area contributed by atoms with Crippen molar-refractivity contribution in [2.24, 2.45) is 0 Å². The van der Waals surface area contributed by atoms with Crippen molar-refractivity contribution in [3.05, 3.63) is 0 Å². The Bertz CT molecular complexity index is 28.7. The van der Waals surface area contributed by atoms with Gasteiger partial charge in [0.05, 0.1) is 6.61 Å². The second-order valence-corrected chi connectivity index (χ2v) is 1.53. The van der Waals surface area contributed by atoms with Gasteiger partial charge < -0.3 is 5.11 Å². The summed E-state index contributed by atoms with van der Waals surface area (Å²) in [7, 11) is 3.85. The summed E-state index contributed by atoms with van der Waals surface area (Å²) >= 11 is 0. The van der Waals surface area contributed by atoms with Gasteiger partial charge in [0.25, 0.3) is 0 Å². The van der Waals surface area contributed by atoms with E-state index >= 15 is 0 Å². The van der Waals surface area contributed by atoms with Crippen LogP contribution in [0.15, 0.2) is 0 Å². The van der Waals surface area contributed by atoms with Crippen molar-refractivity contribution in [1.29, 1.82) is 0 Å². The lowest BCUT2D eigenvalue weighted by Gasteiger charge is -1.91. The zero-order valence-corrected chi connectivity index (χ0v) is 4.31. The molecule has 37 valence electrons. The minimum Gasteiger partial charge on any atom is -0.390 e. The zero-order valence-electron chi connectivity index (χ0n) is 4.31. The van der Waals surface area contributed by atoms with Crippen molar-refractivity contribution in [3.63, 3.8) is 0 Å². The summed E-state index contributed by atoms with van der Waals surface area (Å²) in [5.41, 5.74) is 0. The van der Waals surface area contributed by atoms with Gasteiger partial charge in [0.1, 0.15) is 20.6 Å². The van der Waals surface area contributed by atoms with Crippen molar-refractivity contribution in [2.45, 2.75) is 0 Å². The van der Waals surface area contributed by atoms with E-state index in [4.69, 9.17) is 5.11 Å². The van der Waals surface area contributed by atoms with Crippen molar-refractivity contribution < 1.29 is 5.11 Å². The monoisotopic (exact) mass is 89.1 g/mol. The summed E-state index contributed by atoms with van der Waals surface area (Å²) < 4.78 is 0. The van der Waals surface area contributed by atoms with E-state index in [9.17, 15) is 0 Å². The van der Waals surface area contributed by atoms with Crippen LogP contribution in [0.5, 0.6) is 0 Å². The van der Waals surface area contributed by atoms with Crippen LogP contribution in [0.3, 0.4) is 0 Å². The van der Waals surface area contributed by atoms with Gasteiger partial charge in [-0.3, -0.25) is 0 Å². The van der Waals surface area contributed by atoms with E-state index < -0.39 is 0 Å². The fourth-order valence-electron chi connectivity index (χ4n) is 0.200. The van der Waals surface area contributed by atoms with E-state index in [2.05, 4.69) is 0 Å². The Morgan fingerprint density at radius 2 is 2.00 bits per heavy atom. The fraction of sp³-hybridized carbons (Fsp3) is 1.00. The predicted octanol–water partition coefficient (Wildman–Crippen LogP) is -0.622. The molecule has 6 heavy (non-hydrogen) atoms. The van der Waals surface area contributed by atoms with Gasteiger partial charge in [-0.25, -0.2) is 0 Å². The molecule has 0 spiro atoms. The van der Waals surface area contributed by atoms with Gasteiger partial charge in [0, 0.05) is 0 Å². The van der Waals surface area contributed by atoms with Gasteiger partial charge in [-0.1, -0.05) is 0 Å². The summed E-state index contributed by atoms with van der Waals surface area (Å²) in [5, 5.41) is 8.20. The summed E-state index contributed by atoms with van der Waals surface area (Å²) in [6.45, 7) is 1.02. The largest absolute Gasteiger partial charge is 0.390 e. The van der Waals surface area contributed by atoms with Crippen LogP contribution in [0.25, 0.3) is 0 Å². The lowest BCUT2D eigenvalue weighted by molar-refractivity contribution is 0.276. The molecule has 1 radical (unpaired) electrons. The standard InChI is InChI=1S/C4H11NO/c1-5(2)3-4-6/h6H,3-4H2,1-2H3/q+1. The Kier molecular flexibility index (Phi) is 3.08. The van der Waals surface area contributed by atoms with Crippen molar-refractivity contribution in [1.82, 2.24) is 4.90 Å². The molecule has 0 heterocycles. The Morgan fingerprint density at radius 1 is 1.50 bits per heavy atom. The first-order chi connectivity index (χ1) is 2.77. The van der Waals surface area contributed by atoms with Crippen LogP contribution >= 0.6 is 0 Å². The Morgan fingerprint density at radius 3 is 2.00 bits per heavy atom. The van der Waals surface area contributed by atoms with Crippen LogP contribution in [-0.2, 0) is 0 Å². The third kappa shape index (κ3) is 3.92. The van der Waals surface area contributed by atoms with Gasteiger partial charge in [0.15, 0.2) is 0 Å². The number of likely N-dealkylation sites (N-methyl/N-ethyl adjacent to an activating group) is 1. The number of aliphatic hydroxyl groups excluding tert-OH is 1. The molecular formula is C4H11NO+. The second kappa shape index (κ2) is 3.12. The number of hydrogen-bond acceptors (Lipinski definition) is 2. The molecule has 0 aliphatic carbocycles. The second-order valence-electron chi connectivity index (χ2n) is 1.53. The van der Waals surface area contributed by atoms with Crippen LogP contribution < -0.4 is 4.90 Å². The molecule has 2 heteroatoms. The minimum absolute atomic E-state index is 0.257. The molecule has 0 fully saturated rings. The van der Waals surface area contributed by atoms with E-state index in [1.807, 2.05) is 19.0 Å². The molecule has 2 nitrogen and oxygen atoms in total. The van der Waals surface area contributed by atoms with Crippen LogP contribution in [0.4, 0.5) is 0 Å². The molecule has 0 saturated carbocycles. The molecule has 0 saturated heterocycles. The average Bonchev–Trinajstić information content (AvgIpc) is 1.35. The normalized spacial score (nSPS) is 10.0. The first kappa shape index (κ1) is 5.92. The molecule has 0 aromatic carbocycles. The Balaban J connectivity index is 2.63. The van der Waals surface area contributed by atoms with Crippen LogP contribution in [0.2, 0.25) is 0 Å². The van der Waals surface area contributed by atoms with Crippen LogP contribution in [0, 0.1) is 0 Å². The highest BCUT2D eigenvalue weighted by molar-refractivity contribution is 4.41. The highest BCUT2D eigenvalue weighted by Gasteiger charge is 1.91. The summed E-state index contributed by atoms with van der Waals surface area (Å²) in [6, 6.07) is 0. The quantitative estimate of drug-likeness (QED) is 0.448. The number of rotatable bonds is 2. The molecular weight excluding hydrogens is 78.0 g/mol. The molecule has 0 rings (SSSR count). The number of hydrogen-bond donors (Lipinski definition) is 1. The average molecular weight is 89.1 g/mol. The maximum atomic E-state index is 8.20. The minimum atomic E-state index is 0.257. The van der Waals surface area contributed by atoms with E-state index in [1.165, 1.54) is 0 Å². The maximum absolute atomic E-state index is 8.20. The van der Waals surface area contributed by atoms with E-state index in [-0.39, 0.29) is 6.61 Å². The topological polar surface area (TPSA) is 26.1 Å². The van der Waals surface area contributed by atoms with Crippen molar-refractivity contribution in [2.75, 3.05) is 27.2 Å². The number of nitrogens with zero attached hydrogens (tertiary/aromatic N) is 1. The maximum Gasteiger partial charge on any atom is 0.145 e.